The van der Waals surface area contributed by atoms with Crippen LogP contribution in [0, 0.1) is 48.5 Å². The fourth-order valence-corrected chi connectivity index (χ4v) is 3.86. The summed E-state index contributed by atoms with van der Waals surface area (Å²) in [6.07, 6.45) is 0. The Labute approximate surface area is 203 Å². The van der Waals surface area contributed by atoms with Crippen molar-refractivity contribution in [1.82, 2.24) is 0 Å². The second kappa shape index (κ2) is 9.21. The Morgan fingerprint density at radius 2 is 1.14 bits per heavy atom. The van der Waals surface area contributed by atoms with Gasteiger partial charge in [0.15, 0.2) is 0 Å². The average molecular weight is 481 g/mol. The first kappa shape index (κ1) is 25.4. The van der Waals surface area contributed by atoms with E-state index >= 15 is 0 Å². The summed E-state index contributed by atoms with van der Waals surface area (Å²) in [6, 6.07) is 4.49. The monoisotopic (exact) mass is 480 g/mol. The molecule has 0 spiro atoms. The van der Waals surface area contributed by atoms with Gasteiger partial charge in [0.25, 0.3) is 0 Å². The van der Waals surface area contributed by atoms with Crippen molar-refractivity contribution in [2.45, 2.75) is 48.5 Å². The van der Waals surface area contributed by atoms with Gasteiger partial charge in [-0.15, -0.1) is 0 Å². The highest BCUT2D eigenvalue weighted by Gasteiger charge is 2.28. The van der Waals surface area contributed by atoms with Crippen LogP contribution in [0.5, 0.6) is 34.5 Å². The predicted octanol–water partition coefficient (Wildman–Crippen LogP) is 5.11. The second-order valence-electron chi connectivity index (χ2n) is 8.68. The van der Waals surface area contributed by atoms with Crippen molar-refractivity contribution in [2.24, 2.45) is 0 Å². The minimum atomic E-state index is -0.880. The molecular formula is C27H28O8. The molecule has 0 atom stereocenters. The van der Waals surface area contributed by atoms with E-state index in [2.05, 4.69) is 0 Å². The Hall–Kier alpha value is -4.20. The molecule has 0 unspecified atom stereocenters. The molecule has 184 valence electrons. The highest BCUT2D eigenvalue weighted by molar-refractivity contribution is 5.99. The van der Waals surface area contributed by atoms with Gasteiger partial charge in [-0.3, -0.25) is 0 Å². The third-order valence-electron chi connectivity index (χ3n) is 6.22. The Kier molecular flexibility index (Phi) is 6.69. The molecule has 0 aromatic heterocycles. The van der Waals surface area contributed by atoms with Gasteiger partial charge >= 0.3 is 11.9 Å². The largest absolute Gasteiger partial charge is 0.508 e. The molecule has 35 heavy (non-hydrogen) atoms. The summed E-state index contributed by atoms with van der Waals surface area (Å²) in [5, 5.41) is 41.1. The SMILES string of the molecule is Cc1cc(O)c(C)c(OC(=O)c2c(C)c(C)c(OC(=O)c3c(C)cc(O)c(C)c3O)c(C)c2O)c1. The van der Waals surface area contributed by atoms with Crippen LogP contribution in [0.3, 0.4) is 0 Å². The zero-order chi connectivity index (χ0) is 26.4. The van der Waals surface area contributed by atoms with E-state index in [-0.39, 0.29) is 45.3 Å². The van der Waals surface area contributed by atoms with Crippen molar-refractivity contribution in [1.29, 1.82) is 0 Å². The molecule has 0 aliphatic heterocycles. The molecule has 0 saturated heterocycles. The fourth-order valence-electron chi connectivity index (χ4n) is 3.86. The number of rotatable bonds is 4. The Bertz CT molecular complexity index is 1360. The number of carbonyl (C=O) groups excluding carboxylic acids is 2. The number of phenols is 4. The lowest BCUT2D eigenvalue weighted by Gasteiger charge is -2.19. The Morgan fingerprint density at radius 1 is 0.600 bits per heavy atom. The van der Waals surface area contributed by atoms with Crippen LogP contribution in [0.4, 0.5) is 0 Å². The molecule has 0 saturated carbocycles. The van der Waals surface area contributed by atoms with Crippen LogP contribution in [0.2, 0.25) is 0 Å². The van der Waals surface area contributed by atoms with Crippen molar-refractivity contribution in [3.8, 4) is 34.5 Å². The number of aromatic hydroxyl groups is 4. The highest BCUT2D eigenvalue weighted by atomic mass is 16.5. The lowest BCUT2D eigenvalue weighted by atomic mass is 9.96. The van der Waals surface area contributed by atoms with Crippen molar-refractivity contribution in [2.75, 3.05) is 0 Å². The molecule has 0 fully saturated rings. The molecule has 0 amide bonds. The van der Waals surface area contributed by atoms with Crippen LogP contribution in [-0.4, -0.2) is 32.4 Å². The lowest BCUT2D eigenvalue weighted by molar-refractivity contribution is 0.0725. The van der Waals surface area contributed by atoms with E-state index in [4.69, 9.17) is 9.47 Å². The smallest absolute Gasteiger partial charge is 0.347 e. The summed E-state index contributed by atoms with van der Waals surface area (Å²) in [4.78, 5) is 26.0. The molecule has 8 nitrogen and oxygen atoms in total. The maximum Gasteiger partial charge on any atom is 0.347 e. The molecular weight excluding hydrogens is 452 g/mol. The standard InChI is InChI=1S/C27H28O8/c1-11-8-18(28)15(5)20(9-11)34-27(33)22-13(3)14(4)25(17(7)24(22)31)35-26(32)21-12(2)10-19(29)16(6)23(21)30/h8-10,28-31H,1-7H3. The molecule has 8 heteroatoms. The summed E-state index contributed by atoms with van der Waals surface area (Å²) in [7, 11) is 0. The van der Waals surface area contributed by atoms with E-state index in [1.165, 1.54) is 19.9 Å². The topological polar surface area (TPSA) is 134 Å². The second-order valence-corrected chi connectivity index (χ2v) is 8.68. The highest BCUT2D eigenvalue weighted by Crippen LogP contribution is 2.40. The van der Waals surface area contributed by atoms with E-state index in [0.29, 0.717) is 27.8 Å². The first-order chi connectivity index (χ1) is 16.3. The van der Waals surface area contributed by atoms with E-state index in [9.17, 15) is 30.0 Å². The van der Waals surface area contributed by atoms with E-state index in [0.717, 1.165) is 0 Å². The van der Waals surface area contributed by atoms with Crippen molar-refractivity contribution >= 4 is 11.9 Å². The molecule has 4 N–H and O–H groups in total. The Morgan fingerprint density at radius 3 is 1.77 bits per heavy atom. The van der Waals surface area contributed by atoms with Crippen LogP contribution in [0.1, 0.15) is 59.7 Å². The lowest BCUT2D eigenvalue weighted by Crippen LogP contribution is -2.16. The number of ether oxygens (including phenoxy) is 2. The Balaban J connectivity index is 2.02. The molecule has 3 aromatic carbocycles. The van der Waals surface area contributed by atoms with Gasteiger partial charge in [0.2, 0.25) is 0 Å². The predicted molar refractivity (Wildman–Crippen MR) is 129 cm³/mol. The minimum absolute atomic E-state index is 0.0219. The van der Waals surface area contributed by atoms with Gasteiger partial charge in [0.1, 0.15) is 45.6 Å². The summed E-state index contributed by atoms with van der Waals surface area (Å²) < 4.78 is 11.0. The van der Waals surface area contributed by atoms with Gasteiger partial charge in [-0.2, -0.15) is 0 Å². The molecule has 0 aliphatic rings. The normalized spacial score (nSPS) is 10.8. The van der Waals surface area contributed by atoms with E-state index in [1.807, 2.05) is 0 Å². The fraction of sp³-hybridized carbons (Fsp3) is 0.259. The number of hydrogen-bond donors (Lipinski definition) is 4. The van der Waals surface area contributed by atoms with Gasteiger partial charge < -0.3 is 29.9 Å². The summed E-state index contributed by atoms with van der Waals surface area (Å²) >= 11 is 0. The summed E-state index contributed by atoms with van der Waals surface area (Å²) in [5.74, 6) is -2.52. The maximum atomic E-state index is 13.0. The minimum Gasteiger partial charge on any atom is -0.508 e. The van der Waals surface area contributed by atoms with Crippen LogP contribution < -0.4 is 9.47 Å². The number of hydrogen-bond acceptors (Lipinski definition) is 8. The van der Waals surface area contributed by atoms with Crippen molar-refractivity contribution in [3.63, 3.8) is 0 Å². The third-order valence-corrected chi connectivity index (χ3v) is 6.22. The quantitative estimate of drug-likeness (QED) is 0.299. The van der Waals surface area contributed by atoms with Gasteiger partial charge in [0, 0.05) is 16.7 Å². The number of phenolic OH excluding ortho intramolecular Hbond substituents is 4. The van der Waals surface area contributed by atoms with Crippen LogP contribution in [0.15, 0.2) is 18.2 Å². The summed E-state index contributed by atoms with van der Waals surface area (Å²) in [5.41, 5.74) is 2.16. The van der Waals surface area contributed by atoms with Gasteiger partial charge in [-0.05, 0) is 88.9 Å². The van der Waals surface area contributed by atoms with E-state index < -0.39 is 23.4 Å². The van der Waals surface area contributed by atoms with Crippen molar-refractivity contribution < 1.29 is 39.5 Å². The summed E-state index contributed by atoms with van der Waals surface area (Å²) in [6.45, 7) is 11.0. The first-order valence-electron chi connectivity index (χ1n) is 10.9. The van der Waals surface area contributed by atoms with Gasteiger partial charge in [-0.25, -0.2) is 9.59 Å². The molecule has 3 aromatic rings. The van der Waals surface area contributed by atoms with E-state index in [1.54, 1.807) is 46.8 Å². The number of aryl methyl sites for hydroxylation is 2. The maximum absolute atomic E-state index is 13.0. The number of benzene rings is 3. The zero-order valence-electron chi connectivity index (χ0n) is 20.7. The molecule has 0 radical (unpaired) electrons. The average Bonchev–Trinajstić information content (AvgIpc) is 2.77. The van der Waals surface area contributed by atoms with Gasteiger partial charge in [0.05, 0.1) is 0 Å². The van der Waals surface area contributed by atoms with Crippen LogP contribution >= 0.6 is 0 Å². The van der Waals surface area contributed by atoms with Crippen molar-refractivity contribution in [3.05, 3.63) is 68.3 Å². The van der Waals surface area contributed by atoms with Crippen LogP contribution in [-0.2, 0) is 0 Å². The van der Waals surface area contributed by atoms with Crippen LogP contribution in [0.25, 0.3) is 0 Å². The number of carbonyl (C=O) groups is 2. The molecule has 0 heterocycles. The van der Waals surface area contributed by atoms with Gasteiger partial charge in [-0.1, -0.05) is 0 Å². The molecule has 0 aliphatic carbocycles. The third kappa shape index (κ3) is 4.47. The zero-order valence-corrected chi connectivity index (χ0v) is 20.7. The first-order valence-corrected chi connectivity index (χ1v) is 10.9. The molecule has 3 rings (SSSR count). The number of esters is 2. The molecule has 0 bridgehead atoms.